The van der Waals surface area contributed by atoms with Gasteiger partial charge in [-0.15, -0.1) is 0 Å². The van der Waals surface area contributed by atoms with E-state index in [4.69, 9.17) is 31.5 Å². The van der Waals surface area contributed by atoms with Crippen LogP contribution in [-0.4, -0.2) is 55.6 Å². The molecule has 0 radical (unpaired) electrons. The van der Waals surface area contributed by atoms with Gasteiger partial charge in [0.25, 0.3) is 5.69 Å². The molecule has 12 nitrogen and oxygen atoms in total. The van der Waals surface area contributed by atoms with Gasteiger partial charge in [0.1, 0.15) is 28.9 Å². The predicted molar refractivity (Wildman–Crippen MR) is 117 cm³/mol. The van der Waals surface area contributed by atoms with Crippen LogP contribution in [0.15, 0.2) is 24.4 Å². The number of aliphatic hydroxyl groups excluding tert-OH is 2. The second-order valence-corrected chi connectivity index (χ2v) is 7.85. The van der Waals surface area contributed by atoms with Crippen LogP contribution in [0.4, 0.5) is 11.6 Å². The fraction of sp³-hybridized carbons (Fsp3) is 0.400. The third kappa shape index (κ3) is 4.56. The third-order valence-electron chi connectivity index (χ3n) is 5.42. The zero-order chi connectivity index (χ0) is 23.7. The molecule has 0 spiro atoms. The summed E-state index contributed by atoms with van der Waals surface area (Å²) in [7, 11) is 1.47. The molecule has 1 fully saturated rings. The van der Waals surface area contributed by atoms with E-state index in [2.05, 4.69) is 9.97 Å². The van der Waals surface area contributed by atoms with Gasteiger partial charge in [0.05, 0.1) is 48.9 Å². The molecule has 2 aromatic heterocycles. The molecule has 176 valence electrons. The predicted octanol–water partition coefficient (Wildman–Crippen LogP) is 1.94. The quantitative estimate of drug-likeness (QED) is 0.246. The van der Waals surface area contributed by atoms with E-state index in [0.717, 1.165) is 0 Å². The molecule has 0 bridgehead atoms. The molecule has 4 N–H and O–H groups in total. The Kier molecular flexibility index (Phi) is 6.63. The second-order valence-electron chi connectivity index (χ2n) is 7.49. The number of rotatable bonds is 8. The Morgan fingerprint density at radius 1 is 1.36 bits per heavy atom. The molecule has 3 atom stereocenters. The van der Waals surface area contributed by atoms with Crippen LogP contribution in [0.3, 0.4) is 0 Å². The van der Waals surface area contributed by atoms with E-state index in [0.29, 0.717) is 27.9 Å². The summed E-state index contributed by atoms with van der Waals surface area (Å²) in [6.07, 6.45) is -0.261. The number of hydrogen-bond donors (Lipinski definition) is 3. The van der Waals surface area contributed by atoms with Crippen molar-refractivity contribution in [2.45, 2.75) is 38.1 Å². The number of methoxy groups -OCH3 is 1. The van der Waals surface area contributed by atoms with Gasteiger partial charge in [0.2, 0.25) is 5.95 Å². The highest BCUT2D eigenvalue weighted by Crippen LogP contribution is 2.35. The van der Waals surface area contributed by atoms with E-state index in [-0.39, 0.29) is 43.0 Å². The van der Waals surface area contributed by atoms with Gasteiger partial charge in [0, 0.05) is 24.2 Å². The minimum absolute atomic E-state index is 0.0313. The summed E-state index contributed by atoms with van der Waals surface area (Å²) in [5, 5.41) is 31.4. The Hall–Kier alpha value is -3.03. The average Bonchev–Trinajstić information content (AvgIpc) is 3.33. The summed E-state index contributed by atoms with van der Waals surface area (Å²) >= 11 is 6.34. The number of halogens is 1. The molecule has 13 heteroatoms. The molecule has 0 aliphatic carbocycles. The standard InChI is InChI=1S/C20H22ClN5O7/c1-31-12-2-3-13(26(29)30)10(4-12)8-32-9-11-6-25(16-5-14(28)15(7-27)33-16)19-17(11)18(21)23-20(22)24-19/h2-4,6,14-16,27-28H,5,7-9H2,1H3,(H2,22,23,24)/t14-,15-,16-/m1/s1. The number of benzene rings is 1. The third-order valence-corrected chi connectivity index (χ3v) is 5.69. The lowest BCUT2D eigenvalue weighted by Gasteiger charge is -2.14. The van der Waals surface area contributed by atoms with E-state index in [1.165, 1.54) is 19.2 Å². The van der Waals surface area contributed by atoms with Crippen molar-refractivity contribution in [2.24, 2.45) is 0 Å². The number of anilines is 1. The van der Waals surface area contributed by atoms with Crippen LogP contribution in [0.2, 0.25) is 5.15 Å². The molecule has 0 unspecified atom stereocenters. The Balaban J connectivity index is 1.62. The van der Waals surface area contributed by atoms with E-state index < -0.39 is 23.4 Å². The number of nitro groups is 1. The maximum Gasteiger partial charge on any atom is 0.275 e. The number of nitro benzene ring substituents is 1. The number of nitrogen functional groups attached to an aromatic ring is 1. The van der Waals surface area contributed by atoms with Crippen LogP contribution in [0.25, 0.3) is 11.0 Å². The first-order valence-corrected chi connectivity index (χ1v) is 10.4. The van der Waals surface area contributed by atoms with E-state index in [9.17, 15) is 20.3 Å². The van der Waals surface area contributed by atoms with Crippen LogP contribution in [0, 0.1) is 10.1 Å². The fourth-order valence-electron chi connectivity index (χ4n) is 3.83. The lowest BCUT2D eigenvalue weighted by molar-refractivity contribution is -0.386. The average molecular weight is 480 g/mol. The molecule has 3 aromatic rings. The first-order valence-electron chi connectivity index (χ1n) is 9.98. The molecule has 1 aliphatic heterocycles. The molecule has 1 saturated heterocycles. The molecule has 4 rings (SSSR count). The van der Waals surface area contributed by atoms with Gasteiger partial charge in [0.15, 0.2) is 0 Å². The molecule has 0 saturated carbocycles. The van der Waals surface area contributed by atoms with Crippen molar-refractivity contribution in [3.8, 4) is 5.75 Å². The zero-order valence-corrected chi connectivity index (χ0v) is 18.3. The van der Waals surface area contributed by atoms with Gasteiger partial charge in [-0.25, -0.2) is 4.98 Å². The highest BCUT2D eigenvalue weighted by Gasteiger charge is 2.35. The summed E-state index contributed by atoms with van der Waals surface area (Å²) in [5.74, 6) is 0.432. The van der Waals surface area contributed by atoms with Gasteiger partial charge in [-0.3, -0.25) is 10.1 Å². The molecule has 1 aliphatic rings. The van der Waals surface area contributed by atoms with Gasteiger partial charge in [-0.05, 0) is 12.1 Å². The normalized spacial score (nSPS) is 20.4. The van der Waals surface area contributed by atoms with Gasteiger partial charge >= 0.3 is 0 Å². The van der Waals surface area contributed by atoms with E-state index in [1.807, 2.05) is 0 Å². The summed E-state index contributed by atoms with van der Waals surface area (Å²) in [6, 6.07) is 4.41. The Morgan fingerprint density at radius 2 is 2.12 bits per heavy atom. The summed E-state index contributed by atoms with van der Waals surface area (Å²) in [5.41, 5.74) is 7.02. The number of nitrogens with zero attached hydrogens (tertiary/aromatic N) is 4. The topological polar surface area (TPSA) is 168 Å². The molecule has 1 aromatic carbocycles. The second kappa shape index (κ2) is 9.45. The number of hydrogen-bond acceptors (Lipinski definition) is 10. The number of fused-ring (bicyclic) bond motifs is 1. The van der Waals surface area contributed by atoms with Crippen LogP contribution < -0.4 is 10.5 Å². The summed E-state index contributed by atoms with van der Waals surface area (Å²) < 4.78 is 18.3. The molecule has 33 heavy (non-hydrogen) atoms. The van der Waals surface area contributed by atoms with Crippen molar-refractivity contribution < 1.29 is 29.3 Å². The lowest BCUT2D eigenvalue weighted by atomic mass is 10.2. The fourth-order valence-corrected chi connectivity index (χ4v) is 4.12. The molecular weight excluding hydrogens is 458 g/mol. The number of ether oxygens (including phenoxy) is 3. The van der Waals surface area contributed by atoms with E-state index >= 15 is 0 Å². The van der Waals surface area contributed by atoms with Gasteiger partial charge in [-0.1, -0.05) is 11.6 Å². The van der Waals surface area contributed by atoms with Crippen molar-refractivity contribution >= 4 is 34.3 Å². The first-order chi connectivity index (χ1) is 15.8. The molecule has 3 heterocycles. The van der Waals surface area contributed by atoms with Crippen molar-refractivity contribution in [3.05, 3.63) is 50.8 Å². The molecular formula is C20H22ClN5O7. The smallest absolute Gasteiger partial charge is 0.275 e. The Morgan fingerprint density at radius 3 is 2.79 bits per heavy atom. The minimum atomic E-state index is -0.847. The van der Waals surface area contributed by atoms with Gasteiger partial charge in [-0.2, -0.15) is 4.98 Å². The number of nitrogens with two attached hydrogens (primary N) is 1. The maximum absolute atomic E-state index is 11.3. The SMILES string of the molecule is COc1ccc([N+](=O)[O-])c(COCc2cn([C@H]3C[C@@H](O)[C@@H](CO)O3)c3nc(N)nc(Cl)c23)c1. The first kappa shape index (κ1) is 23.1. The highest BCUT2D eigenvalue weighted by molar-refractivity contribution is 6.34. The van der Waals surface area contributed by atoms with Crippen molar-refractivity contribution in [1.29, 1.82) is 0 Å². The monoisotopic (exact) mass is 479 g/mol. The Labute approximate surface area is 192 Å². The maximum atomic E-state index is 11.3. The van der Waals surface area contributed by atoms with Crippen LogP contribution in [0.5, 0.6) is 5.75 Å². The van der Waals surface area contributed by atoms with Crippen molar-refractivity contribution in [1.82, 2.24) is 14.5 Å². The largest absolute Gasteiger partial charge is 0.497 e. The number of aromatic nitrogens is 3. The summed E-state index contributed by atoms with van der Waals surface area (Å²) in [4.78, 5) is 19.1. The van der Waals surface area contributed by atoms with Gasteiger partial charge < -0.3 is 34.7 Å². The zero-order valence-electron chi connectivity index (χ0n) is 17.5. The van der Waals surface area contributed by atoms with Crippen LogP contribution in [0.1, 0.15) is 23.8 Å². The summed E-state index contributed by atoms with van der Waals surface area (Å²) in [6.45, 7) is -0.355. The highest BCUT2D eigenvalue weighted by atomic mass is 35.5. The lowest BCUT2D eigenvalue weighted by Crippen LogP contribution is -2.24. The molecule has 0 amide bonds. The van der Waals surface area contributed by atoms with Crippen LogP contribution >= 0.6 is 11.6 Å². The van der Waals surface area contributed by atoms with E-state index in [1.54, 1.807) is 16.8 Å². The number of aliphatic hydroxyl groups is 2. The Bertz CT molecular complexity index is 1190. The van der Waals surface area contributed by atoms with Crippen molar-refractivity contribution in [2.75, 3.05) is 19.5 Å². The van der Waals surface area contributed by atoms with Crippen molar-refractivity contribution in [3.63, 3.8) is 0 Å². The minimum Gasteiger partial charge on any atom is -0.497 e. The van der Waals surface area contributed by atoms with Crippen LogP contribution in [-0.2, 0) is 22.7 Å².